The number of hydrogen-bond acceptors (Lipinski definition) is 4. The summed E-state index contributed by atoms with van der Waals surface area (Å²) in [6, 6.07) is 14.3. The second-order valence-electron chi connectivity index (χ2n) is 5.89. The summed E-state index contributed by atoms with van der Waals surface area (Å²) < 4.78 is 11.4. The standard InChI is InChI=1S/C19H20ClNO4/c20-17-3-1-2-4-18(17)25-16-9-10-21(11-16)19(23)13-24-15-7-5-14(12-22)6-8-15/h1-8,16,22H,9-13H2. The van der Waals surface area contributed by atoms with Crippen molar-refractivity contribution in [2.45, 2.75) is 19.1 Å². The highest BCUT2D eigenvalue weighted by Gasteiger charge is 2.28. The molecule has 1 saturated heterocycles. The van der Waals surface area contributed by atoms with Gasteiger partial charge in [-0.25, -0.2) is 0 Å². The summed E-state index contributed by atoms with van der Waals surface area (Å²) in [4.78, 5) is 14.0. The lowest BCUT2D eigenvalue weighted by molar-refractivity contribution is -0.132. The number of amides is 1. The molecule has 1 fully saturated rings. The Morgan fingerprint density at radius 1 is 1.20 bits per heavy atom. The largest absolute Gasteiger partial charge is 0.487 e. The van der Waals surface area contributed by atoms with Crippen molar-refractivity contribution < 1.29 is 19.4 Å². The van der Waals surface area contributed by atoms with Gasteiger partial charge in [-0.15, -0.1) is 0 Å². The second kappa shape index (κ2) is 8.23. The molecule has 25 heavy (non-hydrogen) atoms. The maximum atomic E-state index is 12.3. The van der Waals surface area contributed by atoms with Crippen molar-refractivity contribution >= 4 is 17.5 Å². The van der Waals surface area contributed by atoms with Crippen LogP contribution in [0.3, 0.4) is 0 Å². The molecule has 1 atom stereocenters. The topological polar surface area (TPSA) is 59.0 Å². The molecule has 1 aliphatic heterocycles. The first kappa shape index (κ1) is 17.6. The first-order valence-electron chi connectivity index (χ1n) is 8.17. The number of ether oxygens (including phenoxy) is 2. The number of aliphatic hydroxyl groups excluding tert-OH is 1. The van der Waals surface area contributed by atoms with Crippen LogP contribution in [0.1, 0.15) is 12.0 Å². The van der Waals surface area contributed by atoms with Crippen molar-refractivity contribution in [2.24, 2.45) is 0 Å². The Bertz CT molecular complexity index is 720. The molecule has 2 aromatic rings. The third-order valence-corrected chi connectivity index (χ3v) is 4.41. The molecule has 0 radical (unpaired) electrons. The number of likely N-dealkylation sites (tertiary alicyclic amines) is 1. The number of halogens is 1. The van der Waals surface area contributed by atoms with Crippen molar-refractivity contribution in [3.8, 4) is 11.5 Å². The lowest BCUT2D eigenvalue weighted by atomic mass is 10.2. The van der Waals surface area contributed by atoms with Crippen LogP contribution in [-0.4, -0.2) is 41.7 Å². The number of carbonyl (C=O) groups excluding carboxylic acids is 1. The lowest BCUT2D eigenvalue weighted by Crippen LogP contribution is -2.34. The van der Waals surface area contributed by atoms with Gasteiger partial charge >= 0.3 is 0 Å². The number of hydrogen-bond donors (Lipinski definition) is 1. The summed E-state index contributed by atoms with van der Waals surface area (Å²) in [6.07, 6.45) is 0.704. The molecule has 132 valence electrons. The average Bonchev–Trinajstić information content (AvgIpc) is 3.11. The van der Waals surface area contributed by atoms with Crippen molar-refractivity contribution in [1.29, 1.82) is 0 Å². The smallest absolute Gasteiger partial charge is 0.260 e. The molecule has 0 aliphatic carbocycles. The minimum absolute atomic E-state index is 0.0141. The summed E-state index contributed by atoms with van der Waals surface area (Å²) in [5.74, 6) is 1.17. The fourth-order valence-corrected chi connectivity index (χ4v) is 2.88. The highest BCUT2D eigenvalue weighted by molar-refractivity contribution is 6.32. The number of carbonyl (C=O) groups is 1. The van der Waals surface area contributed by atoms with E-state index in [1.54, 1.807) is 35.2 Å². The Hall–Kier alpha value is -2.24. The number of nitrogens with zero attached hydrogens (tertiary/aromatic N) is 1. The highest BCUT2D eigenvalue weighted by Crippen LogP contribution is 2.26. The monoisotopic (exact) mass is 361 g/mol. The first-order chi connectivity index (χ1) is 12.2. The third-order valence-electron chi connectivity index (χ3n) is 4.10. The van der Waals surface area contributed by atoms with Crippen LogP contribution in [-0.2, 0) is 11.4 Å². The van der Waals surface area contributed by atoms with Gasteiger partial charge < -0.3 is 19.5 Å². The van der Waals surface area contributed by atoms with E-state index in [2.05, 4.69) is 0 Å². The van der Waals surface area contributed by atoms with E-state index in [9.17, 15) is 4.79 Å². The van der Waals surface area contributed by atoms with Gasteiger partial charge in [-0.3, -0.25) is 4.79 Å². The van der Waals surface area contributed by atoms with E-state index in [0.717, 1.165) is 12.0 Å². The van der Waals surface area contributed by atoms with Crippen LogP contribution >= 0.6 is 11.6 Å². The first-order valence-corrected chi connectivity index (χ1v) is 8.55. The zero-order valence-electron chi connectivity index (χ0n) is 13.7. The Morgan fingerprint density at radius 3 is 2.68 bits per heavy atom. The predicted octanol–water partition coefficient (Wildman–Crippen LogP) is 2.89. The summed E-state index contributed by atoms with van der Waals surface area (Å²) in [7, 11) is 0. The van der Waals surface area contributed by atoms with Crippen molar-refractivity contribution in [3.05, 3.63) is 59.1 Å². The van der Waals surface area contributed by atoms with E-state index < -0.39 is 0 Å². The van der Waals surface area contributed by atoms with Gasteiger partial charge in [0.2, 0.25) is 0 Å². The molecular weight excluding hydrogens is 342 g/mol. The molecule has 1 aliphatic rings. The van der Waals surface area contributed by atoms with Crippen LogP contribution in [0.2, 0.25) is 5.02 Å². The van der Waals surface area contributed by atoms with Gasteiger partial charge in [-0.05, 0) is 29.8 Å². The molecule has 0 saturated carbocycles. The molecule has 6 heteroatoms. The molecule has 1 heterocycles. The molecule has 1 amide bonds. The minimum atomic E-state index is -0.0727. The van der Waals surface area contributed by atoms with Gasteiger partial charge in [0, 0.05) is 13.0 Å². The molecule has 0 aromatic heterocycles. The number of aliphatic hydroxyl groups is 1. The van der Waals surface area contributed by atoms with Crippen LogP contribution in [0.25, 0.3) is 0 Å². The molecule has 3 rings (SSSR count). The average molecular weight is 362 g/mol. The lowest BCUT2D eigenvalue weighted by Gasteiger charge is -2.18. The van der Waals surface area contributed by atoms with Crippen molar-refractivity contribution in [3.63, 3.8) is 0 Å². The molecule has 1 unspecified atom stereocenters. The van der Waals surface area contributed by atoms with Gasteiger partial charge in [0.15, 0.2) is 6.61 Å². The summed E-state index contributed by atoms with van der Waals surface area (Å²) in [5, 5.41) is 9.59. The fourth-order valence-electron chi connectivity index (χ4n) is 2.70. The molecule has 0 spiro atoms. The predicted molar refractivity (Wildman–Crippen MR) is 94.9 cm³/mol. The van der Waals surface area contributed by atoms with Gasteiger partial charge in [-0.2, -0.15) is 0 Å². The van der Waals surface area contributed by atoms with Crippen molar-refractivity contribution in [2.75, 3.05) is 19.7 Å². The van der Waals surface area contributed by atoms with Crippen LogP contribution < -0.4 is 9.47 Å². The van der Waals surface area contributed by atoms with Gasteiger partial charge in [0.25, 0.3) is 5.91 Å². The summed E-state index contributed by atoms with van der Waals surface area (Å²) >= 11 is 6.10. The normalized spacial score (nSPS) is 16.7. The Balaban J connectivity index is 1.48. The quantitative estimate of drug-likeness (QED) is 0.859. The van der Waals surface area contributed by atoms with E-state index in [-0.39, 0.29) is 25.2 Å². The van der Waals surface area contributed by atoms with Gasteiger partial charge in [0.1, 0.15) is 17.6 Å². The molecular formula is C19H20ClNO4. The maximum Gasteiger partial charge on any atom is 0.260 e. The van der Waals surface area contributed by atoms with E-state index in [0.29, 0.717) is 29.6 Å². The SMILES string of the molecule is O=C(COc1ccc(CO)cc1)N1CCC(Oc2ccccc2Cl)C1. The highest BCUT2D eigenvalue weighted by atomic mass is 35.5. The van der Waals surface area contributed by atoms with E-state index in [4.69, 9.17) is 26.2 Å². The summed E-state index contributed by atoms with van der Waals surface area (Å²) in [5.41, 5.74) is 0.804. The van der Waals surface area contributed by atoms with E-state index in [1.165, 1.54) is 0 Å². The Kier molecular flexibility index (Phi) is 5.79. The number of para-hydroxylation sites is 1. The zero-order valence-corrected chi connectivity index (χ0v) is 14.5. The maximum absolute atomic E-state index is 12.3. The molecule has 1 N–H and O–H groups in total. The number of benzene rings is 2. The van der Waals surface area contributed by atoms with Crippen molar-refractivity contribution in [1.82, 2.24) is 4.90 Å². The third kappa shape index (κ3) is 4.65. The minimum Gasteiger partial charge on any atom is -0.487 e. The summed E-state index contributed by atoms with van der Waals surface area (Å²) in [6.45, 7) is 1.13. The number of rotatable bonds is 6. The van der Waals surface area contributed by atoms with Crippen LogP contribution in [0.5, 0.6) is 11.5 Å². The molecule has 2 aromatic carbocycles. The zero-order chi connectivity index (χ0) is 17.6. The molecule has 0 bridgehead atoms. The van der Waals surface area contributed by atoms with Crippen LogP contribution in [0.4, 0.5) is 0 Å². The van der Waals surface area contributed by atoms with Gasteiger partial charge in [0.05, 0.1) is 18.2 Å². The Morgan fingerprint density at radius 2 is 1.96 bits per heavy atom. The fraction of sp³-hybridized carbons (Fsp3) is 0.316. The Labute approximate surface area is 151 Å². The van der Waals surface area contributed by atoms with Crippen LogP contribution in [0.15, 0.2) is 48.5 Å². The van der Waals surface area contributed by atoms with E-state index >= 15 is 0 Å². The van der Waals surface area contributed by atoms with Gasteiger partial charge in [-0.1, -0.05) is 35.9 Å². The molecule has 5 nitrogen and oxygen atoms in total. The van der Waals surface area contributed by atoms with Crippen LogP contribution in [0, 0.1) is 0 Å². The second-order valence-corrected chi connectivity index (χ2v) is 6.30. The van der Waals surface area contributed by atoms with E-state index in [1.807, 2.05) is 18.2 Å².